The second kappa shape index (κ2) is 6.97. The first-order valence-corrected chi connectivity index (χ1v) is 6.05. The van der Waals surface area contributed by atoms with Gasteiger partial charge in [0.15, 0.2) is 5.78 Å². The van der Waals surface area contributed by atoms with Gasteiger partial charge in [0.25, 0.3) is 0 Å². The number of ether oxygens (including phenoxy) is 1. The van der Waals surface area contributed by atoms with Gasteiger partial charge in [0.05, 0.1) is 13.0 Å². The second-order valence-electron chi connectivity index (χ2n) is 3.70. The van der Waals surface area contributed by atoms with E-state index in [1.54, 1.807) is 37.3 Å². The van der Waals surface area contributed by atoms with Crippen LogP contribution in [0.2, 0.25) is 5.02 Å². The zero-order valence-corrected chi connectivity index (χ0v) is 11.2. The molecule has 96 valence electrons. The molecular weight excluding hydrogens is 252 g/mol. The molecule has 3 nitrogen and oxygen atoms in total. The van der Waals surface area contributed by atoms with Crippen LogP contribution in [0.4, 0.5) is 0 Å². The van der Waals surface area contributed by atoms with Crippen molar-refractivity contribution in [2.45, 2.75) is 20.3 Å². The van der Waals surface area contributed by atoms with Gasteiger partial charge in [-0.05, 0) is 25.5 Å². The van der Waals surface area contributed by atoms with E-state index < -0.39 is 0 Å². The number of hydrogen-bond donors (Lipinski definition) is 0. The average Bonchev–Trinajstić information content (AvgIpc) is 2.31. The third-order valence-electron chi connectivity index (χ3n) is 2.29. The first-order valence-electron chi connectivity index (χ1n) is 5.67. The van der Waals surface area contributed by atoms with Crippen molar-refractivity contribution in [2.24, 2.45) is 0 Å². The molecule has 0 aliphatic carbocycles. The Bertz CT molecular complexity index is 478. The summed E-state index contributed by atoms with van der Waals surface area (Å²) in [6.07, 6.45) is 3.63. The molecule has 0 saturated heterocycles. The number of carbonyl (C=O) groups is 2. The molecular formula is C14H15ClO3. The number of ketones is 1. The molecule has 0 bridgehead atoms. The largest absolute Gasteiger partial charge is 0.466 e. The van der Waals surface area contributed by atoms with E-state index in [0.29, 0.717) is 17.2 Å². The molecule has 0 heterocycles. The maximum atomic E-state index is 11.1. The Morgan fingerprint density at radius 3 is 2.67 bits per heavy atom. The molecule has 0 atom stereocenters. The highest BCUT2D eigenvalue weighted by Gasteiger charge is 2.03. The number of hydrogen-bond acceptors (Lipinski definition) is 3. The van der Waals surface area contributed by atoms with E-state index in [0.717, 1.165) is 5.56 Å². The van der Waals surface area contributed by atoms with E-state index in [2.05, 4.69) is 0 Å². The minimum atomic E-state index is -0.273. The van der Waals surface area contributed by atoms with Gasteiger partial charge in [0.1, 0.15) is 0 Å². The molecule has 1 aromatic rings. The Labute approximate surface area is 111 Å². The van der Waals surface area contributed by atoms with Crippen LogP contribution < -0.4 is 0 Å². The summed E-state index contributed by atoms with van der Waals surface area (Å²) in [7, 11) is 0. The summed E-state index contributed by atoms with van der Waals surface area (Å²) in [5, 5.41) is 0.489. The summed E-state index contributed by atoms with van der Waals surface area (Å²) in [4.78, 5) is 22.3. The number of esters is 1. The fourth-order valence-corrected chi connectivity index (χ4v) is 1.63. The highest BCUT2D eigenvalue weighted by Crippen LogP contribution is 2.19. The number of rotatable bonds is 5. The van der Waals surface area contributed by atoms with E-state index in [1.807, 2.05) is 0 Å². The third-order valence-corrected chi connectivity index (χ3v) is 2.62. The third kappa shape index (κ3) is 4.34. The van der Waals surface area contributed by atoms with E-state index in [1.165, 1.54) is 6.92 Å². The van der Waals surface area contributed by atoms with Crippen LogP contribution >= 0.6 is 11.6 Å². The van der Waals surface area contributed by atoms with Crippen LogP contribution in [0.5, 0.6) is 0 Å². The average molecular weight is 267 g/mol. The lowest BCUT2D eigenvalue weighted by atomic mass is 10.1. The van der Waals surface area contributed by atoms with Gasteiger partial charge in [-0.3, -0.25) is 9.59 Å². The smallest absolute Gasteiger partial charge is 0.309 e. The van der Waals surface area contributed by atoms with Crippen LogP contribution in [-0.4, -0.2) is 18.4 Å². The normalized spacial score (nSPS) is 10.6. The van der Waals surface area contributed by atoms with Gasteiger partial charge in [-0.2, -0.15) is 0 Å². The highest BCUT2D eigenvalue weighted by molar-refractivity contribution is 6.32. The number of benzene rings is 1. The summed E-state index contributed by atoms with van der Waals surface area (Å²) in [6, 6.07) is 5.08. The van der Waals surface area contributed by atoms with Crippen LogP contribution in [0.3, 0.4) is 0 Å². The van der Waals surface area contributed by atoms with Gasteiger partial charge in [-0.25, -0.2) is 0 Å². The Hall–Kier alpha value is -1.61. The van der Waals surface area contributed by atoms with Crippen molar-refractivity contribution < 1.29 is 14.3 Å². The zero-order valence-electron chi connectivity index (χ0n) is 10.4. The van der Waals surface area contributed by atoms with Gasteiger partial charge in [-0.1, -0.05) is 35.9 Å². The number of carbonyl (C=O) groups excluding carboxylic acids is 2. The highest BCUT2D eigenvalue weighted by atomic mass is 35.5. The predicted octanol–water partition coefficient (Wildman–Crippen LogP) is 3.51. The SMILES string of the molecule is CCOC(=O)CC=Cc1ccc(C(C)=O)cc1Cl. The molecule has 0 aromatic heterocycles. The quantitative estimate of drug-likeness (QED) is 0.605. The van der Waals surface area contributed by atoms with Gasteiger partial charge in [0.2, 0.25) is 0 Å². The molecule has 1 rings (SSSR count). The molecule has 4 heteroatoms. The Morgan fingerprint density at radius 1 is 1.39 bits per heavy atom. The van der Waals surface area contributed by atoms with Crippen molar-refractivity contribution in [3.8, 4) is 0 Å². The summed E-state index contributed by atoms with van der Waals surface area (Å²) in [5.41, 5.74) is 1.34. The van der Waals surface area contributed by atoms with Gasteiger partial charge in [0, 0.05) is 10.6 Å². The van der Waals surface area contributed by atoms with E-state index >= 15 is 0 Å². The molecule has 0 aliphatic rings. The Kier molecular flexibility index (Phi) is 5.59. The van der Waals surface area contributed by atoms with Crippen LogP contribution in [0.15, 0.2) is 24.3 Å². The minimum absolute atomic E-state index is 0.0287. The molecule has 0 spiro atoms. The summed E-state index contributed by atoms with van der Waals surface area (Å²) < 4.78 is 4.79. The molecule has 0 saturated carbocycles. The lowest BCUT2D eigenvalue weighted by molar-refractivity contribution is -0.142. The molecule has 0 amide bonds. The van der Waals surface area contributed by atoms with Crippen molar-refractivity contribution >= 4 is 29.4 Å². The van der Waals surface area contributed by atoms with Crippen LogP contribution in [0, 0.1) is 0 Å². The fraction of sp³-hybridized carbons (Fsp3) is 0.286. The lowest BCUT2D eigenvalue weighted by Crippen LogP contribution is -2.01. The van der Waals surface area contributed by atoms with Crippen LogP contribution in [-0.2, 0) is 9.53 Å². The van der Waals surface area contributed by atoms with Crippen molar-refractivity contribution in [2.75, 3.05) is 6.61 Å². The fourth-order valence-electron chi connectivity index (χ4n) is 1.38. The van der Waals surface area contributed by atoms with Crippen molar-refractivity contribution in [3.05, 3.63) is 40.4 Å². The van der Waals surface area contributed by atoms with Crippen molar-refractivity contribution in [1.82, 2.24) is 0 Å². The second-order valence-corrected chi connectivity index (χ2v) is 4.11. The maximum absolute atomic E-state index is 11.1. The molecule has 0 fully saturated rings. The van der Waals surface area contributed by atoms with Gasteiger partial charge >= 0.3 is 5.97 Å². The Morgan fingerprint density at radius 2 is 2.11 bits per heavy atom. The zero-order chi connectivity index (χ0) is 13.5. The standard InChI is InChI=1S/C14H15ClO3/c1-3-18-14(17)6-4-5-11-7-8-12(10(2)16)9-13(11)15/h4-5,7-9H,3,6H2,1-2H3. The molecule has 18 heavy (non-hydrogen) atoms. The van der Waals surface area contributed by atoms with E-state index in [9.17, 15) is 9.59 Å². The topological polar surface area (TPSA) is 43.4 Å². The Balaban J connectivity index is 2.71. The molecule has 0 aliphatic heterocycles. The molecule has 0 unspecified atom stereocenters. The number of Topliss-reactive ketones (excluding diaryl/α,β-unsaturated/α-hetero) is 1. The summed E-state index contributed by atoms with van der Waals surface area (Å²) >= 11 is 6.03. The first-order chi connectivity index (χ1) is 8.54. The van der Waals surface area contributed by atoms with E-state index in [4.69, 9.17) is 16.3 Å². The summed E-state index contributed by atoms with van der Waals surface area (Å²) in [5.74, 6) is -0.302. The first kappa shape index (κ1) is 14.5. The number of halogens is 1. The maximum Gasteiger partial charge on any atom is 0.309 e. The molecule has 0 N–H and O–H groups in total. The van der Waals surface area contributed by atoms with Crippen molar-refractivity contribution in [3.63, 3.8) is 0 Å². The van der Waals surface area contributed by atoms with Gasteiger partial charge < -0.3 is 4.74 Å². The van der Waals surface area contributed by atoms with Crippen molar-refractivity contribution in [1.29, 1.82) is 0 Å². The minimum Gasteiger partial charge on any atom is -0.466 e. The summed E-state index contributed by atoms with van der Waals surface area (Å²) in [6.45, 7) is 3.63. The molecule has 0 radical (unpaired) electrons. The van der Waals surface area contributed by atoms with Crippen LogP contribution in [0.1, 0.15) is 36.2 Å². The monoisotopic (exact) mass is 266 g/mol. The lowest BCUT2D eigenvalue weighted by Gasteiger charge is -2.01. The predicted molar refractivity (Wildman–Crippen MR) is 71.7 cm³/mol. The van der Waals surface area contributed by atoms with Gasteiger partial charge in [-0.15, -0.1) is 0 Å². The molecule has 1 aromatic carbocycles. The van der Waals surface area contributed by atoms with E-state index in [-0.39, 0.29) is 18.2 Å². The van der Waals surface area contributed by atoms with Crippen LogP contribution in [0.25, 0.3) is 6.08 Å².